The predicted octanol–water partition coefficient (Wildman–Crippen LogP) is 3.46. The van der Waals surface area contributed by atoms with Crippen molar-refractivity contribution in [1.82, 2.24) is 4.90 Å². The fourth-order valence-electron chi connectivity index (χ4n) is 3.11. The number of β-amino-alcohol motifs (C(OH)–C–C–N with tert-alkyl or cyclic N) is 1. The number of aliphatic hydroxyl groups excluding tert-OH is 1. The summed E-state index contributed by atoms with van der Waals surface area (Å²) in [6.07, 6.45) is 0.678. The summed E-state index contributed by atoms with van der Waals surface area (Å²) in [5.41, 5.74) is 5.17. The molecule has 1 heterocycles. The first-order valence-electron chi connectivity index (χ1n) is 7.69. The van der Waals surface area contributed by atoms with E-state index in [1.54, 1.807) is 0 Å². The molecule has 110 valence electrons. The lowest BCUT2D eigenvalue weighted by Crippen LogP contribution is -2.28. The molecule has 2 nitrogen and oxygen atoms in total. The van der Waals surface area contributed by atoms with Gasteiger partial charge < -0.3 is 5.11 Å². The molecule has 1 saturated heterocycles. The van der Waals surface area contributed by atoms with Gasteiger partial charge in [0.2, 0.25) is 0 Å². The second-order valence-corrected chi connectivity index (χ2v) is 6.16. The van der Waals surface area contributed by atoms with Crippen LogP contribution in [-0.4, -0.2) is 29.2 Å². The fourth-order valence-corrected chi connectivity index (χ4v) is 3.11. The lowest BCUT2D eigenvalue weighted by Gasteiger charge is -2.28. The Bertz CT molecular complexity index is 542. The van der Waals surface area contributed by atoms with Crippen LogP contribution in [-0.2, 0) is 0 Å². The standard InChI is InChI=1S/C19H23NO/c1-14-3-7-16(8-4-14)19(20-12-11-18(21)13-20)17-9-5-15(2)6-10-17/h3-10,18-19,21H,11-13H2,1-2H3. The van der Waals surface area contributed by atoms with E-state index in [0.717, 1.165) is 19.5 Å². The van der Waals surface area contributed by atoms with Gasteiger partial charge in [-0.15, -0.1) is 0 Å². The first kappa shape index (κ1) is 14.3. The Hall–Kier alpha value is -1.64. The van der Waals surface area contributed by atoms with E-state index in [4.69, 9.17) is 0 Å². The Morgan fingerprint density at radius 3 is 1.76 bits per heavy atom. The van der Waals surface area contributed by atoms with E-state index in [1.807, 2.05) is 0 Å². The highest BCUT2D eigenvalue weighted by Crippen LogP contribution is 2.32. The number of benzene rings is 2. The van der Waals surface area contributed by atoms with Crippen LogP contribution >= 0.6 is 0 Å². The number of likely N-dealkylation sites (tertiary alicyclic amines) is 1. The van der Waals surface area contributed by atoms with Crippen LogP contribution in [0, 0.1) is 13.8 Å². The number of rotatable bonds is 3. The van der Waals surface area contributed by atoms with Crippen LogP contribution in [0.25, 0.3) is 0 Å². The molecular weight excluding hydrogens is 258 g/mol. The molecule has 2 aromatic rings. The largest absolute Gasteiger partial charge is 0.392 e. The maximum absolute atomic E-state index is 9.89. The molecule has 0 bridgehead atoms. The first-order chi connectivity index (χ1) is 10.1. The third kappa shape index (κ3) is 3.17. The van der Waals surface area contributed by atoms with Gasteiger partial charge in [0.05, 0.1) is 12.1 Å². The maximum atomic E-state index is 9.89. The average Bonchev–Trinajstić information content (AvgIpc) is 2.90. The monoisotopic (exact) mass is 281 g/mol. The topological polar surface area (TPSA) is 23.5 Å². The molecule has 1 aliphatic heterocycles. The molecule has 3 rings (SSSR count). The van der Waals surface area contributed by atoms with Gasteiger partial charge in [0.15, 0.2) is 0 Å². The molecule has 0 aliphatic carbocycles. The van der Waals surface area contributed by atoms with Crippen molar-refractivity contribution in [2.24, 2.45) is 0 Å². The maximum Gasteiger partial charge on any atom is 0.0679 e. The van der Waals surface area contributed by atoms with E-state index in [2.05, 4.69) is 67.3 Å². The van der Waals surface area contributed by atoms with Crippen LogP contribution in [0.15, 0.2) is 48.5 Å². The van der Waals surface area contributed by atoms with Crippen LogP contribution < -0.4 is 0 Å². The van der Waals surface area contributed by atoms with E-state index in [0.29, 0.717) is 0 Å². The summed E-state index contributed by atoms with van der Waals surface area (Å²) >= 11 is 0. The fraction of sp³-hybridized carbons (Fsp3) is 0.368. The van der Waals surface area contributed by atoms with Crippen molar-refractivity contribution in [3.8, 4) is 0 Å². The minimum Gasteiger partial charge on any atom is -0.392 e. The van der Waals surface area contributed by atoms with Crippen LogP contribution in [0.5, 0.6) is 0 Å². The number of aliphatic hydroxyl groups is 1. The molecule has 0 radical (unpaired) electrons. The number of aryl methyl sites for hydroxylation is 2. The Balaban J connectivity index is 1.98. The molecule has 2 aromatic carbocycles. The summed E-state index contributed by atoms with van der Waals surface area (Å²) in [6, 6.07) is 17.8. The highest BCUT2D eigenvalue weighted by Gasteiger charge is 2.29. The lowest BCUT2D eigenvalue weighted by molar-refractivity contribution is 0.167. The lowest BCUT2D eigenvalue weighted by atomic mass is 9.96. The van der Waals surface area contributed by atoms with Gasteiger partial charge in [-0.3, -0.25) is 4.90 Å². The third-order valence-electron chi connectivity index (χ3n) is 4.35. The zero-order chi connectivity index (χ0) is 14.8. The highest BCUT2D eigenvalue weighted by atomic mass is 16.3. The van der Waals surface area contributed by atoms with E-state index >= 15 is 0 Å². The molecule has 0 aromatic heterocycles. The van der Waals surface area contributed by atoms with Crippen molar-refractivity contribution in [2.45, 2.75) is 32.4 Å². The van der Waals surface area contributed by atoms with Gasteiger partial charge in [0.1, 0.15) is 0 Å². The van der Waals surface area contributed by atoms with E-state index in [-0.39, 0.29) is 12.1 Å². The zero-order valence-electron chi connectivity index (χ0n) is 12.8. The zero-order valence-corrected chi connectivity index (χ0v) is 12.8. The van der Waals surface area contributed by atoms with Gasteiger partial charge in [-0.05, 0) is 31.4 Å². The molecular formula is C19H23NO. The van der Waals surface area contributed by atoms with Gasteiger partial charge in [0.25, 0.3) is 0 Å². The van der Waals surface area contributed by atoms with Gasteiger partial charge in [0, 0.05) is 13.1 Å². The summed E-state index contributed by atoms with van der Waals surface area (Å²) in [5.74, 6) is 0. The molecule has 1 fully saturated rings. The number of nitrogens with zero attached hydrogens (tertiary/aromatic N) is 1. The van der Waals surface area contributed by atoms with E-state index in [1.165, 1.54) is 22.3 Å². The number of hydrogen-bond acceptors (Lipinski definition) is 2. The van der Waals surface area contributed by atoms with Gasteiger partial charge >= 0.3 is 0 Å². The van der Waals surface area contributed by atoms with Gasteiger partial charge in [-0.25, -0.2) is 0 Å². The molecule has 1 atom stereocenters. The smallest absolute Gasteiger partial charge is 0.0679 e. The van der Waals surface area contributed by atoms with Crippen molar-refractivity contribution >= 4 is 0 Å². The quantitative estimate of drug-likeness (QED) is 0.931. The van der Waals surface area contributed by atoms with Crippen molar-refractivity contribution in [2.75, 3.05) is 13.1 Å². The molecule has 0 saturated carbocycles. The molecule has 1 N–H and O–H groups in total. The minimum atomic E-state index is -0.191. The van der Waals surface area contributed by atoms with Crippen molar-refractivity contribution in [3.05, 3.63) is 70.8 Å². The van der Waals surface area contributed by atoms with Gasteiger partial charge in [-0.2, -0.15) is 0 Å². The normalized spacial score (nSPS) is 19.3. The molecule has 0 amide bonds. The SMILES string of the molecule is Cc1ccc(C(c2ccc(C)cc2)N2CCC(O)C2)cc1. The molecule has 2 heteroatoms. The summed E-state index contributed by atoms with van der Waals surface area (Å²) < 4.78 is 0. The molecule has 1 aliphatic rings. The summed E-state index contributed by atoms with van der Waals surface area (Å²) in [7, 11) is 0. The summed E-state index contributed by atoms with van der Waals surface area (Å²) in [4.78, 5) is 2.39. The average molecular weight is 281 g/mol. The van der Waals surface area contributed by atoms with E-state index in [9.17, 15) is 5.11 Å². The van der Waals surface area contributed by atoms with Crippen LogP contribution in [0.3, 0.4) is 0 Å². The first-order valence-corrected chi connectivity index (χ1v) is 7.69. The Labute approximate surface area is 127 Å². The van der Waals surface area contributed by atoms with Crippen molar-refractivity contribution < 1.29 is 5.11 Å². The molecule has 1 unspecified atom stereocenters. The van der Waals surface area contributed by atoms with Crippen LogP contribution in [0.2, 0.25) is 0 Å². The van der Waals surface area contributed by atoms with Crippen molar-refractivity contribution in [3.63, 3.8) is 0 Å². The van der Waals surface area contributed by atoms with Crippen LogP contribution in [0.1, 0.15) is 34.7 Å². The highest BCUT2D eigenvalue weighted by molar-refractivity contribution is 5.35. The molecule has 21 heavy (non-hydrogen) atoms. The predicted molar refractivity (Wildman–Crippen MR) is 86.4 cm³/mol. The van der Waals surface area contributed by atoms with Gasteiger partial charge in [-0.1, -0.05) is 59.7 Å². The Morgan fingerprint density at radius 2 is 1.38 bits per heavy atom. The van der Waals surface area contributed by atoms with Crippen molar-refractivity contribution in [1.29, 1.82) is 0 Å². The summed E-state index contributed by atoms with van der Waals surface area (Å²) in [6.45, 7) is 5.94. The van der Waals surface area contributed by atoms with E-state index < -0.39 is 0 Å². The minimum absolute atomic E-state index is 0.191. The third-order valence-corrected chi connectivity index (χ3v) is 4.35. The Kier molecular flexibility index (Phi) is 4.09. The second kappa shape index (κ2) is 6.00. The number of hydrogen-bond donors (Lipinski definition) is 1. The second-order valence-electron chi connectivity index (χ2n) is 6.16. The summed E-state index contributed by atoms with van der Waals surface area (Å²) in [5, 5.41) is 9.89. The molecule has 0 spiro atoms. The van der Waals surface area contributed by atoms with Crippen LogP contribution in [0.4, 0.5) is 0 Å². The Morgan fingerprint density at radius 1 is 0.905 bits per heavy atom.